The van der Waals surface area contributed by atoms with Crippen molar-refractivity contribution in [2.45, 2.75) is 20.4 Å². The van der Waals surface area contributed by atoms with Crippen LogP contribution in [0, 0.1) is 11.8 Å². The highest BCUT2D eigenvalue weighted by Crippen LogP contribution is 2.24. The molecule has 1 heterocycles. The Kier molecular flexibility index (Phi) is 3.87. The van der Waals surface area contributed by atoms with Gasteiger partial charge in [0.2, 0.25) is 0 Å². The van der Waals surface area contributed by atoms with Gasteiger partial charge >= 0.3 is 0 Å². The van der Waals surface area contributed by atoms with E-state index in [4.69, 9.17) is 10.9 Å². The molecular formula is C14H21N3O. The Morgan fingerprint density at radius 2 is 1.94 bits per heavy atom. The molecule has 0 bridgehead atoms. The van der Waals surface area contributed by atoms with Crippen molar-refractivity contribution < 1.29 is 5.21 Å². The van der Waals surface area contributed by atoms with Crippen LogP contribution in [0.5, 0.6) is 0 Å². The van der Waals surface area contributed by atoms with Gasteiger partial charge in [-0.15, -0.1) is 0 Å². The number of nitrogens with two attached hydrogens (primary N) is 1. The van der Waals surface area contributed by atoms with Crippen LogP contribution in [0.2, 0.25) is 0 Å². The van der Waals surface area contributed by atoms with Gasteiger partial charge in [0.05, 0.1) is 0 Å². The Balaban J connectivity index is 2.15. The molecule has 0 amide bonds. The molecule has 0 aromatic heterocycles. The molecule has 2 atom stereocenters. The minimum absolute atomic E-state index is 0.186. The van der Waals surface area contributed by atoms with E-state index in [0.717, 1.165) is 42.6 Å². The lowest BCUT2D eigenvalue weighted by atomic mass is 10.0. The first-order valence-electron chi connectivity index (χ1n) is 6.40. The zero-order valence-electron chi connectivity index (χ0n) is 11.0. The number of benzene rings is 1. The van der Waals surface area contributed by atoms with E-state index in [1.54, 1.807) is 0 Å². The summed E-state index contributed by atoms with van der Waals surface area (Å²) in [4.78, 5) is 2.43. The maximum atomic E-state index is 8.81. The molecule has 1 fully saturated rings. The summed E-state index contributed by atoms with van der Waals surface area (Å²) in [7, 11) is 0. The molecule has 4 nitrogen and oxygen atoms in total. The van der Waals surface area contributed by atoms with Gasteiger partial charge < -0.3 is 10.9 Å². The second-order valence-electron chi connectivity index (χ2n) is 5.29. The van der Waals surface area contributed by atoms with Crippen molar-refractivity contribution in [1.82, 2.24) is 4.90 Å². The van der Waals surface area contributed by atoms with Crippen molar-refractivity contribution >= 4 is 5.84 Å². The van der Waals surface area contributed by atoms with E-state index in [-0.39, 0.29) is 5.84 Å². The van der Waals surface area contributed by atoms with Crippen molar-refractivity contribution in [2.75, 3.05) is 13.1 Å². The summed E-state index contributed by atoms with van der Waals surface area (Å²) in [6.07, 6.45) is 0. The third-order valence-corrected chi connectivity index (χ3v) is 3.86. The lowest BCUT2D eigenvalue weighted by molar-refractivity contribution is 0.313. The van der Waals surface area contributed by atoms with Crippen LogP contribution in [0.15, 0.2) is 29.4 Å². The fourth-order valence-electron chi connectivity index (χ4n) is 2.58. The minimum atomic E-state index is 0.186. The molecule has 4 heteroatoms. The first-order valence-corrected chi connectivity index (χ1v) is 6.40. The summed E-state index contributed by atoms with van der Waals surface area (Å²) in [5.41, 5.74) is 7.65. The third kappa shape index (κ3) is 2.64. The van der Waals surface area contributed by atoms with Crippen molar-refractivity contribution in [2.24, 2.45) is 22.7 Å². The van der Waals surface area contributed by atoms with Crippen molar-refractivity contribution in [3.8, 4) is 0 Å². The lowest BCUT2D eigenvalue weighted by Gasteiger charge is -2.17. The molecule has 2 rings (SSSR count). The predicted molar refractivity (Wildman–Crippen MR) is 72.6 cm³/mol. The number of likely N-dealkylation sites (tertiary alicyclic amines) is 1. The predicted octanol–water partition coefficient (Wildman–Crippen LogP) is 1.87. The highest BCUT2D eigenvalue weighted by Gasteiger charge is 2.26. The summed E-state index contributed by atoms with van der Waals surface area (Å²) in [5.74, 6) is 1.66. The molecule has 98 valence electrons. The SMILES string of the molecule is CC1CN(Cc2ccccc2C(N)=NO)CC1C. The number of nitrogens with zero attached hydrogens (tertiary/aromatic N) is 2. The average molecular weight is 247 g/mol. The number of hydrogen-bond donors (Lipinski definition) is 2. The Morgan fingerprint density at radius 3 is 2.56 bits per heavy atom. The summed E-state index contributed by atoms with van der Waals surface area (Å²) >= 11 is 0. The van der Waals surface area contributed by atoms with E-state index in [0.29, 0.717) is 0 Å². The van der Waals surface area contributed by atoms with Gasteiger partial charge in [-0.1, -0.05) is 43.3 Å². The van der Waals surface area contributed by atoms with Crippen LogP contribution in [0.3, 0.4) is 0 Å². The molecule has 0 spiro atoms. The summed E-state index contributed by atoms with van der Waals surface area (Å²) in [6.45, 7) is 7.68. The molecule has 18 heavy (non-hydrogen) atoms. The van der Waals surface area contributed by atoms with Crippen LogP contribution >= 0.6 is 0 Å². The van der Waals surface area contributed by atoms with E-state index < -0.39 is 0 Å². The normalized spacial score (nSPS) is 25.6. The Morgan fingerprint density at radius 1 is 1.33 bits per heavy atom. The van der Waals surface area contributed by atoms with E-state index in [2.05, 4.69) is 23.9 Å². The summed E-state index contributed by atoms with van der Waals surface area (Å²) in [6, 6.07) is 7.84. The molecule has 1 saturated heterocycles. The fourth-order valence-corrected chi connectivity index (χ4v) is 2.58. The first-order chi connectivity index (χ1) is 8.61. The fraction of sp³-hybridized carbons (Fsp3) is 0.500. The van der Waals surface area contributed by atoms with Crippen molar-refractivity contribution in [3.05, 3.63) is 35.4 Å². The molecule has 1 aromatic carbocycles. The van der Waals surface area contributed by atoms with Gasteiger partial charge in [-0.2, -0.15) is 0 Å². The van der Waals surface area contributed by atoms with Crippen molar-refractivity contribution in [3.63, 3.8) is 0 Å². The van der Waals surface area contributed by atoms with Gasteiger partial charge in [-0.3, -0.25) is 4.90 Å². The zero-order valence-corrected chi connectivity index (χ0v) is 11.0. The highest BCUT2D eigenvalue weighted by molar-refractivity contribution is 5.98. The minimum Gasteiger partial charge on any atom is -0.409 e. The molecule has 1 aliphatic rings. The van der Waals surface area contributed by atoms with Gasteiger partial charge in [-0.25, -0.2) is 0 Å². The quantitative estimate of drug-likeness (QED) is 0.371. The van der Waals surface area contributed by atoms with E-state index in [1.807, 2.05) is 24.3 Å². The molecular weight excluding hydrogens is 226 g/mol. The van der Waals surface area contributed by atoms with Gasteiger partial charge in [0, 0.05) is 25.2 Å². The van der Waals surface area contributed by atoms with Crippen LogP contribution in [0.1, 0.15) is 25.0 Å². The second kappa shape index (κ2) is 5.40. The van der Waals surface area contributed by atoms with Crippen LogP contribution in [-0.4, -0.2) is 29.0 Å². The monoisotopic (exact) mass is 247 g/mol. The summed E-state index contributed by atoms with van der Waals surface area (Å²) in [5, 5.41) is 11.9. The first kappa shape index (κ1) is 12.9. The Hall–Kier alpha value is -1.55. The topological polar surface area (TPSA) is 61.8 Å². The van der Waals surface area contributed by atoms with Crippen LogP contribution < -0.4 is 5.73 Å². The van der Waals surface area contributed by atoms with E-state index >= 15 is 0 Å². The van der Waals surface area contributed by atoms with Gasteiger partial charge in [-0.05, 0) is 17.4 Å². The number of rotatable bonds is 3. The Bertz CT molecular complexity index is 434. The smallest absolute Gasteiger partial charge is 0.170 e. The molecule has 0 saturated carbocycles. The maximum absolute atomic E-state index is 8.81. The lowest BCUT2D eigenvalue weighted by Crippen LogP contribution is -2.23. The molecule has 1 aromatic rings. The highest BCUT2D eigenvalue weighted by atomic mass is 16.4. The number of oxime groups is 1. The van der Waals surface area contributed by atoms with Gasteiger partial charge in [0.1, 0.15) is 0 Å². The molecule has 0 radical (unpaired) electrons. The van der Waals surface area contributed by atoms with Crippen LogP contribution in [0.4, 0.5) is 0 Å². The zero-order chi connectivity index (χ0) is 13.1. The van der Waals surface area contributed by atoms with Crippen LogP contribution in [0.25, 0.3) is 0 Å². The van der Waals surface area contributed by atoms with Gasteiger partial charge in [0.25, 0.3) is 0 Å². The molecule has 1 aliphatic heterocycles. The standard InChI is InChI=1S/C14H21N3O/c1-10-7-17(8-11(10)2)9-12-5-3-4-6-13(12)14(15)16-18/h3-6,10-11,18H,7-9H2,1-2H3,(H2,15,16). The van der Waals surface area contributed by atoms with E-state index in [1.165, 1.54) is 0 Å². The molecule has 0 aliphatic carbocycles. The number of amidine groups is 1. The Labute approximate surface area is 108 Å². The number of hydrogen-bond acceptors (Lipinski definition) is 3. The third-order valence-electron chi connectivity index (χ3n) is 3.86. The molecule has 3 N–H and O–H groups in total. The summed E-state index contributed by atoms with van der Waals surface area (Å²) < 4.78 is 0. The molecule has 2 unspecified atom stereocenters. The van der Waals surface area contributed by atoms with Gasteiger partial charge in [0.15, 0.2) is 5.84 Å². The maximum Gasteiger partial charge on any atom is 0.170 e. The largest absolute Gasteiger partial charge is 0.409 e. The average Bonchev–Trinajstić information content (AvgIpc) is 2.68. The van der Waals surface area contributed by atoms with Crippen LogP contribution in [-0.2, 0) is 6.54 Å². The van der Waals surface area contributed by atoms with E-state index in [9.17, 15) is 0 Å². The van der Waals surface area contributed by atoms with Crippen molar-refractivity contribution in [1.29, 1.82) is 0 Å². The second-order valence-corrected chi connectivity index (χ2v) is 5.29.